The highest BCUT2D eigenvalue weighted by Gasteiger charge is 2.22. The third-order valence-corrected chi connectivity index (χ3v) is 1.70. The summed E-state index contributed by atoms with van der Waals surface area (Å²) in [5.41, 5.74) is 0. The number of rotatable bonds is 5. The molecule has 2 N–H and O–H groups in total. The van der Waals surface area contributed by atoms with Crippen LogP contribution < -0.4 is 0 Å². The molecule has 0 saturated heterocycles. The molecule has 1 unspecified atom stereocenters. The van der Waals surface area contributed by atoms with Crippen molar-refractivity contribution in [3.63, 3.8) is 0 Å². The molecule has 92 valence electrons. The predicted molar refractivity (Wildman–Crippen MR) is 54.5 cm³/mol. The highest BCUT2D eigenvalue weighted by atomic mass is 16.6. The first-order valence-electron chi connectivity index (χ1n) is 4.94. The van der Waals surface area contributed by atoms with Crippen LogP contribution in [-0.4, -0.2) is 28.3 Å². The van der Waals surface area contributed by atoms with Crippen LogP contribution in [-0.2, 0) is 19.1 Å². The predicted octanol–water partition coefficient (Wildman–Crippen LogP) is 1.57. The molecule has 0 aliphatic heterocycles. The molecule has 0 rings (SSSR count). The first-order valence-corrected chi connectivity index (χ1v) is 4.94. The Hall–Kier alpha value is -1.72. The summed E-state index contributed by atoms with van der Waals surface area (Å²) in [6.07, 6.45) is -0.801. The average molecular weight is 232 g/mol. The summed E-state index contributed by atoms with van der Waals surface area (Å²) in [5.74, 6) is -2.80. The fourth-order valence-electron chi connectivity index (χ4n) is 0.839. The van der Waals surface area contributed by atoms with E-state index in [0.717, 1.165) is 0 Å². The Morgan fingerprint density at radius 2 is 1.62 bits per heavy atom. The van der Waals surface area contributed by atoms with Gasteiger partial charge in [-0.1, -0.05) is 13.8 Å². The molecule has 0 bridgehead atoms. The van der Waals surface area contributed by atoms with E-state index in [9.17, 15) is 9.59 Å². The van der Waals surface area contributed by atoms with Crippen molar-refractivity contribution in [1.82, 2.24) is 0 Å². The van der Waals surface area contributed by atoms with Gasteiger partial charge in [-0.15, -0.1) is 0 Å². The van der Waals surface area contributed by atoms with Crippen LogP contribution in [0.3, 0.4) is 0 Å². The van der Waals surface area contributed by atoms with Crippen LogP contribution in [0.1, 0.15) is 33.6 Å². The Morgan fingerprint density at radius 3 is 2.00 bits per heavy atom. The van der Waals surface area contributed by atoms with E-state index >= 15 is 0 Å². The van der Waals surface area contributed by atoms with Gasteiger partial charge in [-0.25, -0.2) is 0 Å². The lowest BCUT2D eigenvalue weighted by atomic mass is 10.3. The van der Waals surface area contributed by atoms with E-state index in [-0.39, 0.29) is 12.8 Å². The van der Waals surface area contributed by atoms with Gasteiger partial charge < -0.3 is 19.7 Å². The number of esters is 2. The van der Waals surface area contributed by atoms with E-state index in [1.807, 2.05) is 0 Å². The van der Waals surface area contributed by atoms with Gasteiger partial charge in [0.1, 0.15) is 0 Å². The highest BCUT2D eigenvalue weighted by molar-refractivity contribution is 5.71. The zero-order valence-corrected chi connectivity index (χ0v) is 9.52. The number of hydrogen-bond acceptors (Lipinski definition) is 6. The van der Waals surface area contributed by atoms with E-state index in [0.29, 0.717) is 0 Å². The molecule has 0 aromatic heterocycles. The largest absolute Gasteiger partial charge is 0.479 e. The molecule has 0 saturated carbocycles. The van der Waals surface area contributed by atoms with Gasteiger partial charge in [0.2, 0.25) is 5.76 Å². The van der Waals surface area contributed by atoms with Crippen molar-refractivity contribution in [2.24, 2.45) is 0 Å². The smallest absolute Gasteiger partial charge is 0.318 e. The molecule has 0 fully saturated rings. The second-order valence-electron chi connectivity index (χ2n) is 3.00. The molecule has 6 heteroatoms. The quantitative estimate of drug-likeness (QED) is 0.552. The van der Waals surface area contributed by atoms with Crippen molar-refractivity contribution in [2.45, 2.75) is 39.7 Å². The number of aliphatic hydroxyl groups excluding tert-OH is 1. The standard InChI is InChI=1S/C10H16O6/c1-4-7(11)15-6(3)9(10(13)14)16-8(12)5-2/h6,13-14H,4-5H2,1-3H3. The van der Waals surface area contributed by atoms with Crippen molar-refractivity contribution in [3.8, 4) is 0 Å². The van der Waals surface area contributed by atoms with Crippen LogP contribution in [0.4, 0.5) is 0 Å². The monoisotopic (exact) mass is 232 g/mol. The molecule has 0 aliphatic carbocycles. The van der Waals surface area contributed by atoms with Gasteiger partial charge in [-0.3, -0.25) is 9.59 Å². The second-order valence-corrected chi connectivity index (χ2v) is 3.00. The summed E-state index contributed by atoms with van der Waals surface area (Å²) in [5, 5.41) is 17.8. The van der Waals surface area contributed by atoms with Crippen molar-refractivity contribution < 1.29 is 29.3 Å². The minimum absolute atomic E-state index is 0.0746. The van der Waals surface area contributed by atoms with Crippen molar-refractivity contribution in [3.05, 3.63) is 11.7 Å². The normalized spacial score (nSPS) is 11.4. The van der Waals surface area contributed by atoms with Crippen molar-refractivity contribution >= 4 is 11.9 Å². The number of aliphatic hydroxyl groups is 2. The van der Waals surface area contributed by atoms with Gasteiger partial charge >= 0.3 is 17.9 Å². The summed E-state index contributed by atoms with van der Waals surface area (Å²) >= 11 is 0. The van der Waals surface area contributed by atoms with Crippen molar-refractivity contribution in [1.29, 1.82) is 0 Å². The van der Waals surface area contributed by atoms with Gasteiger partial charge in [0.15, 0.2) is 6.10 Å². The van der Waals surface area contributed by atoms with Crippen molar-refractivity contribution in [2.75, 3.05) is 0 Å². The maximum Gasteiger partial charge on any atom is 0.318 e. The number of hydrogen-bond donors (Lipinski definition) is 2. The van der Waals surface area contributed by atoms with Crippen LogP contribution >= 0.6 is 0 Å². The third kappa shape index (κ3) is 4.68. The topological polar surface area (TPSA) is 93.1 Å². The maximum atomic E-state index is 11.0. The minimum Gasteiger partial charge on any atom is -0.479 e. The van der Waals surface area contributed by atoms with E-state index in [1.165, 1.54) is 6.92 Å². The molecular weight excluding hydrogens is 216 g/mol. The van der Waals surface area contributed by atoms with Crippen LogP contribution in [0.5, 0.6) is 0 Å². The minimum atomic E-state index is -1.17. The lowest BCUT2D eigenvalue weighted by Gasteiger charge is -2.15. The first kappa shape index (κ1) is 14.3. The van der Waals surface area contributed by atoms with Gasteiger partial charge in [-0.2, -0.15) is 0 Å². The molecule has 1 atom stereocenters. The summed E-state index contributed by atoms with van der Waals surface area (Å²) in [4.78, 5) is 21.9. The fraction of sp³-hybridized carbons (Fsp3) is 0.600. The van der Waals surface area contributed by atoms with Gasteiger partial charge in [0, 0.05) is 12.8 Å². The molecule has 6 nitrogen and oxygen atoms in total. The summed E-state index contributed by atoms with van der Waals surface area (Å²) in [6.45, 7) is 4.52. The fourth-order valence-corrected chi connectivity index (χ4v) is 0.839. The number of carbonyl (C=O) groups excluding carboxylic acids is 2. The molecule has 0 heterocycles. The van der Waals surface area contributed by atoms with Gasteiger partial charge in [-0.05, 0) is 6.92 Å². The number of carbonyl (C=O) groups is 2. The van der Waals surface area contributed by atoms with Crippen LogP contribution in [0, 0.1) is 0 Å². The van der Waals surface area contributed by atoms with E-state index in [1.54, 1.807) is 13.8 Å². The molecular formula is C10H16O6. The highest BCUT2D eigenvalue weighted by Crippen LogP contribution is 2.13. The lowest BCUT2D eigenvalue weighted by molar-refractivity contribution is -0.153. The maximum absolute atomic E-state index is 11.0. The summed E-state index contributed by atoms with van der Waals surface area (Å²) < 4.78 is 9.41. The second kappa shape index (κ2) is 6.71. The Bertz CT molecular complexity index is 290. The van der Waals surface area contributed by atoms with Crippen LogP contribution in [0.2, 0.25) is 0 Å². The summed E-state index contributed by atoms with van der Waals surface area (Å²) in [7, 11) is 0. The van der Waals surface area contributed by atoms with E-state index < -0.39 is 29.7 Å². The van der Waals surface area contributed by atoms with Gasteiger partial charge in [0.05, 0.1) is 0 Å². The zero-order valence-electron chi connectivity index (χ0n) is 9.52. The lowest BCUT2D eigenvalue weighted by Crippen LogP contribution is -2.21. The molecule has 0 aliphatic rings. The molecule has 16 heavy (non-hydrogen) atoms. The Kier molecular flexibility index (Phi) is 5.99. The van der Waals surface area contributed by atoms with Crippen LogP contribution in [0.25, 0.3) is 0 Å². The zero-order chi connectivity index (χ0) is 12.7. The average Bonchev–Trinajstić information content (AvgIpc) is 2.24. The summed E-state index contributed by atoms with van der Waals surface area (Å²) in [6, 6.07) is 0. The van der Waals surface area contributed by atoms with E-state index in [2.05, 4.69) is 4.74 Å². The SMILES string of the molecule is CCC(=O)OC(=C(O)O)C(C)OC(=O)CC. The third-order valence-electron chi connectivity index (χ3n) is 1.70. The Balaban J connectivity index is 4.62. The molecule has 0 amide bonds. The molecule has 0 radical (unpaired) electrons. The Morgan fingerprint density at radius 1 is 1.12 bits per heavy atom. The molecule has 0 spiro atoms. The van der Waals surface area contributed by atoms with E-state index in [4.69, 9.17) is 14.9 Å². The van der Waals surface area contributed by atoms with Crippen LogP contribution in [0.15, 0.2) is 11.7 Å². The first-order chi connectivity index (χ1) is 7.42. The Labute approximate surface area is 93.5 Å². The molecule has 0 aromatic carbocycles. The molecule has 0 aromatic rings. The van der Waals surface area contributed by atoms with Gasteiger partial charge in [0.25, 0.3) is 0 Å². The number of ether oxygens (including phenoxy) is 2.